The van der Waals surface area contributed by atoms with Gasteiger partial charge in [0.15, 0.2) is 0 Å². The van der Waals surface area contributed by atoms with E-state index in [0.717, 1.165) is 5.56 Å². The summed E-state index contributed by atoms with van der Waals surface area (Å²) in [5, 5.41) is 23.3. The Balaban J connectivity index is 2.20. The second-order valence-corrected chi connectivity index (χ2v) is 5.35. The third kappa shape index (κ3) is 3.12. The van der Waals surface area contributed by atoms with Gasteiger partial charge in [-0.25, -0.2) is 0 Å². The van der Waals surface area contributed by atoms with E-state index in [-0.39, 0.29) is 12.4 Å². The molecule has 0 aliphatic carbocycles. The van der Waals surface area contributed by atoms with Gasteiger partial charge in [-0.1, -0.05) is 48.0 Å². The molecule has 0 amide bonds. The summed E-state index contributed by atoms with van der Waals surface area (Å²) in [5.41, 5.74) is 1.02. The van der Waals surface area contributed by atoms with Gasteiger partial charge in [-0.3, -0.25) is 0 Å². The molecular weight excluding hydrogens is 274 g/mol. The zero-order chi connectivity index (χ0) is 14.6. The van der Waals surface area contributed by atoms with Crippen molar-refractivity contribution >= 4 is 11.6 Å². The first-order chi connectivity index (χ1) is 9.57. The Bertz CT molecular complexity index is 554. The third-order valence-electron chi connectivity index (χ3n) is 3.48. The zero-order valence-corrected chi connectivity index (χ0v) is 12.1. The zero-order valence-electron chi connectivity index (χ0n) is 11.3. The molecule has 0 saturated heterocycles. The number of halogens is 1. The monoisotopic (exact) mass is 291 g/mol. The predicted molar refractivity (Wildman–Crippen MR) is 80.8 cm³/mol. The molecule has 0 fully saturated rings. The minimum Gasteiger partial charge on any atom is -0.508 e. The first kappa shape index (κ1) is 14.9. The molecule has 0 radical (unpaired) electrons. The number of aliphatic hydroxyl groups is 1. The molecule has 0 aliphatic heterocycles. The van der Waals surface area contributed by atoms with Crippen molar-refractivity contribution in [3.05, 3.63) is 64.7 Å². The van der Waals surface area contributed by atoms with Gasteiger partial charge in [0.25, 0.3) is 0 Å². The molecule has 0 aliphatic rings. The Morgan fingerprint density at radius 2 is 1.80 bits per heavy atom. The molecule has 0 saturated carbocycles. The highest BCUT2D eigenvalue weighted by Gasteiger charge is 2.25. The predicted octanol–water partition coefficient (Wildman–Crippen LogP) is 3.04. The molecule has 1 unspecified atom stereocenters. The molecule has 2 aromatic carbocycles. The quantitative estimate of drug-likeness (QED) is 0.794. The summed E-state index contributed by atoms with van der Waals surface area (Å²) in [5.74, 6) is 0.151. The molecule has 106 valence electrons. The average Bonchev–Trinajstić information content (AvgIpc) is 2.47. The summed E-state index contributed by atoms with van der Waals surface area (Å²) in [7, 11) is 0. The summed E-state index contributed by atoms with van der Waals surface area (Å²) >= 11 is 6.09. The number of rotatable bonds is 5. The SMILES string of the molecule is CC(CO)(NCc1c(O)cccc1Cl)c1ccccc1. The molecular formula is C16H18ClNO2. The largest absolute Gasteiger partial charge is 0.508 e. The van der Waals surface area contributed by atoms with Crippen molar-refractivity contribution < 1.29 is 10.2 Å². The van der Waals surface area contributed by atoms with Crippen molar-refractivity contribution in [1.82, 2.24) is 5.32 Å². The number of phenolic OH excluding ortho intramolecular Hbond substituents is 1. The Labute approximate surface area is 123 Å². The van der Waals surface area contributed by atoms with Crippen molar-refractivity contribution in [2.24, 2.45) is 0 Å². The van der Waals surface area contributed by atoms with E-state index in [0.29, 0.717) is 17.1 Å². The van der Waals surface area contributed by atoms with E-state index in [4.69, 9.17) is 11.6 Å². The van der Waals surface area contributed by atoms with Crippen molar-refractivity contribution in [3.8, 4) is 5.75 Å². The van der Waals surface area contributed by atoms with Gasteiger partial charge in [-0.05, 0) is 24.6 Å². The van der Waals surface area contributed by atoms with Gasteiger partial charge in [0, 0.05) is 17.1 Å². The van der Waals surface area contributed by atoms with Crippen LogP contribution in [0.2, 0.25) is 5.02 Å². The highest BCUT2D eigenvalue weighted by Crippen LogP contribution is 2.27. The van der Waals surface area contributed by atoms with Gasteiger partial charge < -0.3 is 15.5 Å². The summed E-state index contributed by atoms with van der Waals surface area (Å²) in [6, 6.07) is 14.7. The maximum absolute atomic E-state index is 9.84. The molecule has 0 aromatic heterocycles. The number of aromatic hydroxyl groups is 1. The van der Waals surface area contributed by atoms with Crippen molar-refractivity contribution in [3.63, 3.8) is 0 Å². The van der Waals surface area contributed by atoms with Crippen LogP contribution in [0.4, 0.5) is 0 Å². The topological polar surface area (TPSA) is 52.5 Å². The third-order valence-corrected chi connectivity index (χ3v) is 3.83. The molecule has 3 N–H and O–H groups in total. The van der Waals surface area contributed by atoms with E-state index in [1.165, 1.54) is 0 Å². The highest BCUT2D eigenvalue weighted by molar-refractivity contribution is 6.31. The van der Waals surface area contributed by atoms with E-state index in [1.54, 1.807) is 18.2 Å². The van der Waals surface area contributed by atoms with E-state index >= 15 is 0 Å². The summed E-state index contributed by atoms with van der Waals surface area (Å²) in [6.45, 7) is 2.23. The molecule has 0 spiro atoms. The van der Waals surface area contributed by atoms with E-state index in [9.17, 15) is 10.2 Å². The lowest BCUT2D eigenvalue weighted by Gasteiger charge is -2.30. The van der Waals surface area contributed by atoms with Gasteiger partial charge in [0.2, 0.25) is 0 Å². The van der Waals surface area contributed by atoms with Gasteiger partial charge in [-0.2, -0.15) is 0 Å². The Hall–Kier alpha value is -1.55. The fourth-order valence-electron chi connectivity index (χ4n) is 2.06. The van der Waals surface area contributed by atoms with Crippen LogP contribution in [0.1, 0.15) is 18.1 Å². The number of hydrogen-bond donors (Lipinski definition) is 3. The number of hydrogen-bond acceptors (Lipinski definition) is 3. The first-order valence-electron chi connectivity index (χ1n) is 6.44. The van der Waals surface area contributed by atoms with Crippen LogP contribution in [0.3, 0.4) is 0 Å². The summed E-state index contributed by atoms with van der Waals surface area (Å²) < 4.78 is 0. The van der Waals surface area contributed by atoms with Crippen LogP contribution in [-0.4, -0.2) is 16.8 Å². The van der Waals surface area contributed by atoms with Gasteiger partial charge in [-0.15, -0.1) is 0 Å². The van der Waals surface area contributed by atoms with Crippen LogP contribution in [-0.2, 0) is 12.1 Å². The lowest BCUT2D eigenvalue weighted by atomic mass is 9.92. The van der Waals surface area contributed by atoms with Crippen LogP contribution in [0.15, 0.2) is 48.5 Å². The molecule has 0 heterocycles. The Kier molecular flexibility index (Phi) is 4.65. The van der Waals surface area contributed by atoms with E-state index in [2.05, 4.69) is 5.32 Å². The Morgan fingerprint density at radius 1 is 1.10 bits per heavy atom. The van der Waals surface area contributed by atoms with Crippen LogP contribution >= 0.6 is 11.6 Å². The number of aliphatic hydroxyl groups excluding tert-OH is 1. The molecule has 1 atom stereocenters. The first-order valence-corrected chi connectivity index (χ1v) is 6.82. The number of benzene rings is 2. The minimum atomic E-state index is -0.590. The van der Waals surface area contributed by atoms with Crippen molar-refractivity contribution in [2.75, 3.05) is 6.61 Å². The molecule has 0 bridgehead atoms. The Morgan fingerprint density at radius 3 is 2.40 bits per heavy atom. The molecule has 2 aromatic rings. The fourth-order valence-corrected chi connectivity index (χ4v) is 2.30. The second-order valence-electron chi connectivity index (χ2n) is 4.95. The van der Waals surface area contributed by atoms with Crippen LogP contribution in [0.25, 0.3) is 0 Å². The minimum absolute atomic E-state index is 0.0533. The smallest absolute Gasteiger partial charge is 0.121 e. The lowest BCUT2D eigenvalue weighted by molar-refractivity contribution is 0.173. The number of phenols is 1. The highest BCUT2D eigenvalue weighted by atomic mass is 35.5. The van der Waals surface area contributed by atoms with Crippen LogP contribution in [0, 0.1) is 0 Å². The number of nitrogens with one attached hydrogen (secondary N) is 1. The van der Waals surface area contributed by atoms with Crippen LogP contribution in [0.5, 0.6) is 5.75 Å². The van der Waals surface area contributed by atoms with Crippen molar-refractivity contribution in [1.29, 1.82) is 0 Å². The van der Waals surface area contributed by atoms with Gasteiger partial charge in [0.1, 0.15) is 5.75 Å². The average molecular weight is 292 g/mol. The molecule has 4 heteroatoms. The van der Waals surface area contributed by atoms with Crippen LogP contribution < -0.4 is 5.32 Å². The van der Waals surface area contributed by atoms with E-state index in [1.807, 2.05) is 37.3 Å². The summed E-state index contributed by atoms with van der Waals surface area (Å²) in [6.07, 6.45) is 0. The fraction of sp³-hybridized carbons (Fsp3) is 0.250. The summed E-state index contributed by atoms with van der Waals surface area (Å²) in [4.78, 5) is 0. The normalized spacial score (nSPS) is 13.9. The second kappa shape index (κ2) is 6.27. The maximum atomic E-state index is 9.84. The van der Waals surface area contributed by atoms with Gasteiger partial charge in [0.05, 0.1) is 12.1 Å². The van der Waals surface area contributed by atoms with Gasteiger partial charge >= 0.3 is 0 Å². The standard InChI is InChI=1S/C16H18ClNO2/c1-16(11-19,12-6-3-2-4-7-12)18-10-13-14(17)8-5-9-15(13)20/h2-9,18-20H,10-11H2,1H3. The molecule has 3 nitrogen and oxygen atoms in total. The maximum Gasteiger partial charge on any atom is 0.121 e. The molecule has 2 rings (SSSR count). The molecule has 20 heavy (non-hydrogen) atoms. The lowest BCUT2D eigenvalue weighted by Crippen LogP contribution is -2.42. The van der Waals surface area contributed by atoms with Crippen molar-refractivity contribution in [2.45, 2.75) is 19.0 Å². The van der Waals surface area contributed by atoms with E-state index < -0.39 is 5.54 Å².